The van der Waals surface area contributed by atoms with Gasteiger partial charge < -0.3 is 4.74 Å². The number of pyridine rings is 1. The molecule has 0 unspecified atom stereocenters. The number of carbonyl (C=O) groups excluding carboxylic acids is 1. The van der Waals surface area contributed by atoms with Crippen molar-refractivity contribution in [2.45, 2.75) is 0 Å². The van der Waals surface area contributed by atoms with Gasteiger partial charge in [0, 0.05) is 11.8 Å². The molecular formula is C22H15N3O2. The molecule has 27 heavy (non-hydrogen) atoms. The predicted octanol–water partition coefficient (Wildman–Crippen LogP) is 4.71. The number of para-hydroxylation sites is 2. The molecule has 0 saturated heterocycles. The Labute approximate surface area is 156 Å². The zero-order chi connectivity index (χ0) is 18.5. The summed E-state index contributed by atoms with van der Waals surface area (Å²) in [6.45, 7) is 0. The number of fused-ring (bicyclic) bond motifs is 1. The molecule has 0 fully saturated rings. The van der Waals surface area contributed by atoms with Gasteiger partial charge in [-0.25, -0.2) is 9.97 Å². The van der Waals surface area contributed by atoms with Crippen LogP contribution in [0, 0.1) is 0 Å². The molecule has 0 N–H and O–H groups in total. The van der Waals surface area contributed by atoms with Gasteiger partial charge in [0.05, 0.1) is 22.9 Å². The first-order valence-electron chi connectivity index (χ1n) is 8.41. The first-order valence-corrected chi connectivity index (χ1v) is 8.41. The molecule has 2 heterocycles. The first-order chi connectivity index (χ1) is 13.3. The average molecular weight is 353 g/mol. The number of allylic oxidation sites excluding steroid dienone is 1. The van der Waals surface area contributed by atoms with Crippen LogP contribution in [0.5, 0.6) is 11.6 Å². The van der Waals surface area contributed by atoms with Crippen molar-refractivity contribution in [3.05, 3.63) is 96.5 Å². The van der Waals surface area contributed by atoms with E-state index in [0.717, 1.165) is 16.7 Å². The molecule has 2 aromatic heterocycles. The third-order valence-corrected chi connectivity index (χ3v) is 3.88. The lowest BCUT2D eigenvalue weighted by molar-refractivity contribution is 0.104. The van der Waals surface area contributed by atoms with E-state index in [0.29, 0.717) is 17.2 Å². The number of rotatable bonds is 5. The lowest BCUT2D eigenvalue weighted by atomic mass is 10.1. The molecule has 0 aliphatic heterocycles. The molecule has 0 bridgehead atoms. The topological polar surface area (TPSA) is 65.0 Å². The minimum atomic E-state index is -0.0994. The lowest BCUT2D eigenvalue weighted by Gasteiger charge is -2.06. The van der Waals surface area contributed by atoms with Gasteiger partial charge >= 0.3 is 0 Å². The van der Waals surface area contributed by atoms with Gasteiger partial charge in [-0.15, -0.1) is 0 Å². The van der Waals surface area contributed by atoms with Crippen LogP contribution in [-0.4, -0.2) is 20.7 Å². The molecule has 0 amide bonds. The third kappa shape index (κ3) is 4.04. The van der Waals surface area contributed by atoms with Crippen LogP contribution in [0.2, 0.25) is 0 Å². The van der Waals surface area contributed by atoms with Crippen LogP contribution in [0.1, 0.15) is 16.1 Å². The van der Waals surface area contributed by atoms with E-state index in [1.807, 2.05) is 42.5 Å². The molecule has 0 spiro atoms. The zero-order valence-electron chi connectivity index (χ0n) is 14.3. The van der Waals surface area contributed by atoms with E-state index in [9.17, 15) is 4.79 Å². The second-order valence-corrected chi connectivity index (χ2v) is 5.78. The minimum Gasteiger partial charge on any atom is -0.437 e. The maximum absolute atomic E-state index is 12.3. The molecule has 0 aliphatic carbocycles. The van der Waals surface area contributed by atoms with Crippen molar-refractivity contribution in [2.75, 3.05) is 0 Å². The molecule has 0 atom stereocenters. The Bertz CT molecular complexity index is 1110. The number of nitrogens with zero attached hydrogens (tertiary/aromatic N) is 3. The van der Waals surface area contributed by atoms with Crippen molar-refractivity contribution in [1.29, 1.82) is 0 Å². The lowest BCUT2D eigenvalue weighted by Crippen LogP contribution is -1.95. The number of hydrogen-bond acceptors (Lipinski definition) is 5. The van der Waals surface area contributed by atoms with E-state index in [1.165, 1.54) is 6.08 Å². The van der Waals surface area contributed by atoms with Gasteiger partial charge in [0.2, 0.25) is 5.88 Å². The zero-order valence-corrected chi connectivity index (χ0v) is 14.3. The van der Waals surface area contributed by atoms with Crippen LogP contribution < -0.4 is 4.74 Å². The van der Waals surface area contributed by atoms with Crippen LogP contribution in [0.4, 0.5) is 0 Å². The Morgan fingerprint density at radius 3 is 2.41 bits per heavy atom. The number of hydrogen-bond donors (Lipinski definition) is 0. The SMILES string of the molecule is O=C(/C=C/c1ccccn1)c1ccc(Oc2cnc3ccccc3n2)cc1. The van der Waals surface area contributed by atoms with Crippen LogP contribution >= 0.6 is 0 Å². The third-order valence-electron chi connectivity index (χ3n) is 3.88. The van der Waals surface area contributed by atoms with Gasteiger partial charge in [-0.05, 0) is 60.7 Å². The summed E-state index contributed by atoms with van der Waals surface area (Å²) in [6.07, 6.45) is 6.47. The number of benzene rings is 2. The fraction of sp³-hybridized carbons (Fsp3) is 0. The van der Waals surface area contributed by atoms with E-state index in [2.05, 4.69) is 15.0 Å². The van der Waals surface area contributed by atoms with E-state index in [1.54, 1.807) is 42.7 Å². The standard InChI is InChI=1S/C22H15N3O2/c26-21(13-10-17-5-3-4-14-23-17)16-8-11-18(12-9-16)27-22-15-24-19-6-1-2-7-20(19)25-22/h1-15H/b13-10+. The van der Waals surface area contributed by atoms with Crippen molar-refractivity contribution in [3.63, 3.8) is 0 Å². The van der Waals surface area contributed by atoms with Gasteiger partial charge in [-0.1, -0.05) is 18.2 Å². The van der Waals surface area contributed by atoms with Crippen molar-refractivity contribution < 1.29 is 9.53 Å². The smallest absolute Gasteiger partial charge is 0.238 e. The number of ether oxygens (including phenoxy) is 1. The van der Waals surface area contributed by atoms with Gasteiger partial charge in [0.1, 0.15) is 5.75 Å². The Morgan fingerprint density at radius 2 is 1.63 bits per heavy atom. The fourth-order valence-corrected chi connectivity index (χ4v) is 2.53. The highest BCUT2D eigenvalue weighted by Crippen LogP contribution is 2.21. The van der Waals surface area contributed by atoms with Gasteiger partial charge in [-0.2, -0.15) is 0 Å². The largest absolute Gasteiger partial charge is 0.437 e. The highest BCUT2D eigenvalue weighted by molar-refractivity contribution is 6.06. The summed E-state index contributed by atoms with van der Waals surface area (Å²) in [5.41, 5.74) is 2.88. The van der Waals surface area contributed by atoms with E-state index in [4.69, 9.17) is 4.74 Å². The predicted molar refractivity (Wildman–Crippen MR) is 104 cm³/mol. The van der Waals surface area contributed by atoms with Crippen LogP contribution in [-0.2, 0) is 0 Å². The maximum atomic E-state index is 12.3. The Kier molecular flexibility index (Phi) is 4.66. The van der Waals surface area contributed by atoms with Gasteiger partial charge in [0.15, 0.2) is 5.78 Å². The van der Waals surface area contributed by atoms with E-state index in [-0.39, 0.29) is 5.78 Å². The molecule has 130 valence electrons. The summed E-state index contributed by atoms with van der Waals surface area (Å²) in [5, 5.41) is 0. The first kappa shape index (κ1) is 16.6. The van der Waals surface area contributed by atoms with Crippen molar-refractivity contribution in [3.8, 4) is 11.6 Å². The van der Waals surface area contributed by atoms with Crippen molar-refractivity contribution in [2.24, 2.45) is 0 Å². The highest BCUT2D eigenvalue weighted by atomic mass is 16.5. The monoisotopic (exact) mass is 353 g/mol. The molecule has 0 saturated carbocycles. The van der Waals surface area contributed by atoms with Crippen LogP contribution in [0.25, 0.3) is 17.1 Å². The molecule has 2 aromatic carbocycles. The molecule has 5 heteroatoms. The van der Waals surface area contributed by atoms with Gasteiger partial charge in [-0.3, -0.25) is 9.78 Å². The molecule has 4 aromatic rings. The van der Waals surface area contributed by atoms with Crippen LogP contribution in [0.15, 0.2) is 85.2 Å². The Balaban J connectivity index is 1.46. The number of ketones is 1. The van der Waals surface area contributed by atoms with Crippen molar-refractivity contribution >= 4 is 22.9 Å². The average Bonchev–Trinajstić information content (AvgIpc) is 2.73. The Hall–Kier alpha value is -3.86. The highest BCUT2D eigenvalue weighted by Gasteiger charge is 2.05. The van der Waals surface area contributed by atoms with Crippen LogP contribution in [0.3, 0.4) is 0 Å². The summed E-state index contributed by atoms with van der Waals surface area (Å²) in [4.78, 5) is 25.2. The number of carbonyl (C=O) groups is 1. The second kappa shape index (κ2) is 7.58. The summed E-state index contributed by atoms with van der Waals surface area (Å²) in [7, 11) is 0. The fourth-order valence-electron chi connectivity index (χ4n) is 2.53. The van der Waals surface area contributed by atoms with Gasteiger partial charge in [0.25, 0.3) is 0 Å². The second-order valence-electron chi connectivity index (χ2n) is 5.78. The summed E-state index contributed by atoms with van der Waals surface area (Å²) < 4.78 is 5.74. The Morgan fingerprint density at radius 1 is 0.852 bits per heavy atom. The maximum Gasteiger partial charge on any atom is 0.238 e. The molecule has 5 nitrogen and oxygen atoms in total. The molecular weight excluding hydrogens is 338 g/mol. The van der Waals surface area contributed by atoms with Crippen molar-refractivity contribution in [1.82, 2.24) is 15.0 Å². The minimum absolute atomic E-state index is 0.0994. The molecule has 0 radical (unpaired) electrons. The van der Waals surface area contributed by atoms with E-state index >= 15 is 0 Å². The molecule has 4 rings (SSSR count). The molecule has 0 aliphatic rings. The quantitative estimate of drug-likeness (QED) is 0.384. The summed E-state index contributed by atoms with van der Waals surface area (Å²) >= 11 is 0. The number of aromatic nitrogens is 3. The normalized spacial score (nSPS) is 11.0. The summed E-state index contributed by atoms with van der Waals surface area (Å²) in [5.74, 6) is 0.894. The van der Waals surface area contributed by atoms with E-state index < -0.39 is 0 Å². The summed E-state index contributed by atoms with van der Waals surface area (Å²) in [6, 6.07) is 20.0.